The van der Waals surface area contributed by atoms with Gasteiger partial charge in [-0.05, 0) is 17.7 Å². The first kappa shape index (κ1) is 15.4. The summed E-state index contributed by atoms with van der Waals surface area (Å²) in [5.41, 5.74) is 0.111. The predicted octanol–water partition coefficient (Wildman–Crippen LogP) is 0.904. The summed E-state index contributed by atoms with van der Waals surface area (Å²) in [6, 6.07) is 3.74. The van der Waals surface area contributed by atoms with Crippen LogP contribution in [0.15, 0.2) is 18.2 Å². The lowest BCUT2D eigenvalue weighted by Crippen LogP contribution is -2.14. The van der Waals surface area contributed by atoms with Crippen LogP contribution in [-0.4, -0.2) is 29.3 Å². The molecule has 0 aliphatic heterocycles. The van der Waals surface area contributed by atoms with E-state index < -0.39 is 23.8 Å². The minimum absolute atomic E-state index is 0.0357. The van der Waals surface area contributed by atoms with Crippen molar-refractivity contribution in [3.05, 3.63) is 23.8 Å². The van der Waals surface area contributed by atoms with E-state index in [1.165, 1.54) is 18.2 Å². The van der Waals surface area contributed by atoms with E-state index in [-0.39, 0.29) is 23.3 Å². The second-order valence-corrected chi connectivity index (χ2v) is 3.85. The van der Waals surface area contributed by atoms with E-state index in [1.807, 2.05) is 0 Å². The molecular formula is C13H12O7. The highest BCUT2D eigenvalue weighted by molar-refractivity contribution is 5.93. The van der Waals surface area contributed by atoms with Crippen molar-refractivity contribution >= 4 is 24.2 Å². The molecule has 1 N–H and O–H groups in total. The van der Waals surface area contributed by atoms with E-state index >= 15 is 0 Å². The molecule has 0 aliphatic carbocycles. The first-order chi connectivity index (χ1) is 9.35. The molecule has 7 heteroatoms. The zero-order valence-corrected chi connectivity index (χ0v) is 10.8. The molecule has 1 atom stereocenters. The van der Waals surface area contributed by atoms with E-state index in [2.05, 4.69) is 0 Å². The van der Waals surface area contributed by atoms with E-state index in [1.54, 1.807) is 0 Å². The van der Waals surface area contributed by atoms with E-state index in [0.717, 1.165) is 13.8 Å². The molecule has 0 aromatic heterocycles. The number of carbonyl (C=O) groups excluding carboxylic acids is 3. The normalized spacial score (nSPS) is 11.3. The number of carbonyl (C=O) groups is 4. The monoisotopic (exact) mass is 280 g/mol. The second-order valence-electron chi connectivity index (χ2n) is 3.85. The zero-order valence-electron chi connectivity index (χ0n) is 10.8. The van der Waals surface area contributed by atoms with E-state index in [0.29, 0.717) is 0 Å². The molecule has 0 spiro atoms. The largest absolute Gasteiger partial charge is 0.480 e. The SMILES string of the molecule is CC(=O)Oc1ccc(C(C=O)C(=O)O)cc1OC(C)=O. The zero-order chi connectivity index (χ0) is 15.3. The van der Waals surface area contributed by atoms with Crippen LogP contribution in [0, 0.1) is 0 Å². The molecule has 1 unspecified atom stereocenters. The quantitative estimate of drug-likeness (QED) is 0.369. The molecule has 1 aromatic carbocycles. The van der Waals surface area contributed by atoms with Gasteiger partial charge in [0.1, 0.15) is 12.2 Å². The summed E-state index contributed by atoms with van der Waals surface area (Å²) in [6.07, 6.45) is 0.251. The van der Waals surface area contributed by atoms with Gasteiger partial charge in [-0.3, -0.25) is 14.4 Å². The molecule has 0 radical (unpaired) electrons. The maximum Gasteiger partial charge on any atom is 0.318 e. The van der Waals surface area contributed by atoms with Crippen LogP contribution in [0.5, 0.6) is 11.5 Å². The van der Waals surface area contributed by atoms with Crippen LogP contribution in [0.4, 0.5) is 0 Å². The first-order valence-electron chi connectivity index (χ1n) is 5.54. The Morgan fingerprint density at radius 2 is 1.65 bits per heavy atom. The van der Waals surface area contributed by atoms with Gasteiger partial charge in [-0.15, -0.1) is 0 Å². The van der Waals surface area contributed by atoms with Crippen LogP contribution < -0.4 is 9.47 Å². The first-order valence-corrected chi connectivity index (χ1v) is 5.54. The number of benzene rings is 1. The van der Waals surface area contributed by atoms with Gasteiger partial charge in [-0.1, -0.05) is 6.07 Å². The minimum atomic E-state index is -1.39. The molecule has 1 aromatic rings. The van der Waals surface area contributed by atoms with Gasteiger partial charge in [0.25, 0.3) is 0 Å². The summed E-state index contributed by atoms with van der Waals surface area (Å²) in [7, 11) is 0. The Morgan fingerprint density at radius 3 is 2.10 bits per heavy atom. The summed E-state index contributed by atoms with van der Waals surface area (Å²) in [5, 5.41) is 8.89. The van der Waals surface area contributed by atoms with Crippen molar-refractivity contribution in [3.8, 4) is 11.5 Å². The van der Waals surface area contributed by atoms with Gasteiger partial charge in [-0.2, -0.15) is 0 Å². The van der Waals surface area contributed by atoms with Crippen molar-refractivity contribution in [1.82, 2.24) is 0 Å². The molecule has 0 saturated heterocycles. The van der Waals surface area contributed by atoms with Crippen molar-refractivity contribution < 1.29 is 33.8 Å². The number of ether oxygens (including phenoxy) is 2. The van der Waals surface area contributed by atoms with Crippen molar-refractivity contribution in [2.45, 2.75) is 19.8 Å². The average molecular weight is 280 g/mol. The van der Waals surface area contributed by atoms with Gasteiger partial charge < -0.3 is 19.4 Å². The van der Waals surface area contributed by atoms with Crippen LogP contribution >= 0.6 is 0 Å². The lowest BCUT2D eigenvalue weighted by molar-refractivity contribution is -0.140. The summed E-state index contributed by atoms with van der Waals surface area (Å²) in [5.74, 6) is -4.20. The maximum atomic E-state index is 11.0. The second kappa shape index (κ2) is 6.46. The summed E-state index contributed by atoms with van der Waals surface area (Å²) in [6.45, 7) is 2.30. The third-order valence-corrected chi connectivity index (χ3v) is 2.24. The number of hydrogen-bond donors (Lipinski definition) is 1. The number of carboxylic acid groups (broad SMARTS) is 1. The number of esters is 2. The van der Waals surface area contributed by atoms with Crippen molar-refractivity contribution in [2.24, 2.45) is 0 Å². The summed E-state index contributed by atoms with van der Waals surface area (Å²) < 4.78 is 9.66. The lowest BCUT2D eigenvalue weighted by atomic mass is 10.0. The fraction of sp³-hybridized carbons (Fsp3) is 0.231. The van der Waals surface area contributed by atoms with Crippen LogP contribution in [-0.2, 0) is 19.2 Å². The molecular weight excluding hydrogens is 268 g/mol. The Labute approximate surface area is 114 Å². The Balaban J connectivity index is 3.25. The topological polar surface area (TPSA) is 107 Å². The molecule has 1 rings (SSSR count). The summed E-state index contributed by atoms with van der Waals surface area (Å²) in [4.78, 5) is 43.6. The highest BCUT2D eigenvalue weighted by atomic mass is 16.6. The Morgan fingerprint density at radius 1 is 1.10 bits per heavy atom. The van der Waals surface area contributed by atoms with Gasteiger partial charge in [0.05, 0.1) is 0 Å². The van der Waals surface area contributed by atoms with Crippen molar-refractivity contribution in [2.75, 3.05) is 0 Å². The molecule has 0 amide bonds. The Hall–Kier alpha value is -2.70. The number of carboxylic acids is 1. The van der Waals surface area contributed by atoms with Crippen molar-refractivity contribution in [1.29, 1.82) is 0 Å². The van der Waals surface area contributed by atoms with E-state index in [4.69, 9.17) is 14.6 Å². The molecule has 7 nitrogen and oxygen atoms in total. The standard InChI is InChI=1S/C13H12O7/c1-7(15)19-11-4-3-9(10(6-14)13(17)18)5-12(11)20-8(2)16/h3-6,10H,1-2H3,(H,17,18). The van der Waals surface area contributed by atoms with Crippen LogP contribution in [0.2, 0.25) is 0 Å². The fourth-order valence-electron chi connectivity index (χ4n) is 1.47. The Bertz CT molecular complexity index is 562. The fourth-order valence-corrected chi connectivity index (χ4v) is 1.47. The predicted molar refractivity (Wildman–Crippen MR) is 65.5 cm³/mol. The number of rotatable bonds is 5. The molecule has 0 fully saturated rings. The molecule has 20 heavy (non-hydrogen) atoms. The molecule has 0 aliphatic rings. The van der Waals surface area contributed by atoms with Gasteiger partial charge in [0, 0.05) is 13.8 Å². The number of hydrogen-bond acceptors (Lipinski definition) is 6. The smallest absolute Gasteiger partial charge is 0.318 e. The van der Waals surface area contributed by atoms with Crippen molar-refractivity contribution in [3.63, 3.8) is 0 Å². The van der Waals surface area contributed by atoms with Gasteiger partial charge in [0.15, 0.2) is 11.5 Å². The maximum absolute atomic E-state index is 11.0. The minimum Gasteiger partial charge on any atom is -0.480 e. The van der Waals surface area contributed by atoms with Crippen LogP contribution in [0.3, 0.4) is 0 Å². The third-order valence-electron chi connectivity index (χ3n) is 2.24. The lowest BCUT2D eigenvalue weighted by Gasteiger charge is -2.12. The van der Waals surface area contributed by atoms with Gasteiger partial charge in [0.2, 0.25) is 0 Å². The van der Waals surface area contributed by atoms with E-state index in [9.17, 15) is 19.2 Å². The Kier molecular flexibility index (Phi) is 4.96. The number of aldehydes is 1. The molecule has 0 bridgehead atoms. The van der Waals surface area contributed by atoms with Gasteiger partial charge >= 0.3 is 17.9 Å². The highest BCUT2D eigenvalue weighted by Gasteiger charge is 2.21. The highest BCUT2D eigenvalue weighted by Crippen LogP contribution is 2.31. The molecule has 0 heterocycles. The van der Waals surface area contributed by atoms with Crippen LogP contribution in [0.25, 0.3) is 0 Å². The molecule has 106 valence electrons. The third kappa shape index (κ3) is 3.91. The number of aliphatic carboxylic acids is 1. The van der Waals surface area contributed by atoms with Gasteiger partial charge in [-0.25, -0.2) is 0 Å². The van der Waals surface area contributed by atoms with Crippen LogP contribution in [0.1, 0.15) is 25.3 Å². The molecule has 0 saturated carbocycles. The average Bonchev–Trinajstić information content (AvgIpc) is 2.31. The summed E-state index contributed by atoms with van der Waals surface area (Å²) >= 11 is 0.